The lowest BCUT2D eigenvalue weighted by molar-refractivity contribution is -0.139. The number of rotatable bonds is 18. The standard InChI is InChI=1S/C21H25NO4.C21H27NO3.C19H23NO2/c1-21(2,3)16-10-7-15(8-11-16)9-12-19(23)22-17-5-4-6-18(13-17)26-14-20(24)25;1-21(2,3)17-10-7-16(8-11-17)9-12-20(24)22-18-5-4-6-19(15-18)25-14-13-23;1-19(2,3)15-10-7-14(8-11-15)9-12-18(22)20-16-5-4-6-17(21)13-16/h4-8,10-11,13H,9,12,14H2,1-3H3,(H,22,23)(H,24,25);4-8,10-11,15,23H,9,12-14H2,1-3H3,(H,22,24);4-8,10-11,13,21H,9,12H2,1-3H3,(H,20,22). The average molecular weight is 994 g/mol. The Kier molecular flexibility index (Phi) is 22.3. The zero-order valence-electron chi connectivity index (χ0n) is 44.0. The molecule has 0 unspecified atom stereocenters. The Hall–Kier alpha value is -7.44. The molecule has 6 N–H and O–H groups in total. The molecular formula is C61H75N3O9. The highest BCUT2D eigenvalue weighted by Gasteiger charge is 2.16. The first kappa shape index (κ1) is 58.1. The van der Waals surface area contributed by atoms with Crippen LogP contribution in [0.2, 0.25) is 0 Å². The van der Waals surface area contributed by atoms with Gasteiger partial charge in [-0.15, -0.1) is 0 Å². The molecule has 0 fully saturated rings. The van der Waals surface area contributed by atoms with Gasteiger partial charge in [-0.2, -0.15) is 0 Å². The Morgan fingerprint density at radius 2 is 0.781 bits per heavy atom. The lowest BCUT2D eigenvalue weighted by Gasteiger charge is -2.19. The monoisotopic (exact) mass is 994 g/mol. The predicted octanol–water partition coefficient (Wildman–Crippen LogP) is 12.2. The van der Waals surface area contributed by atoms with Gasteiger partial charge >= 0.3 is 5.97 Å². The molecule has 0 aromatic heterocycles. The van der Waals surface area contributed by atoms with Crippen molar-refractivity contribution in [2.75, 3.05) is 35.8 Å². The van der Waals surface area contributed by atoms with Crippen LogP contribution in [-0.2, 0) is 54.7 Å². The summed E-state index contributed by atoms with van der Waals surface area (Å²) in [5.74, 6) is -0.0370. The SMILES string of the molecule is CC(C)(C)c1ccc(CCC(=O)Nc2cccc(O)c2)cc1.CC(C)(C)c1ccc(CCC(=O)Nc2cccc(OCC(=O)O)c2)cc1.CC(C)(C)c1ccc(CCC(=O)Nc2cccc(OCCO)c2)cc1. The molecule has 0 radical (unpaired) electrons. The maximum absolute atomic E-state index is 12.1. The first-order valence-electron chi connectivity index (χ1n) is 24.7. The summed E-state index contributed by atoms with van der Waals surface area (Å²) in [4.78, 5) is 46.8. The molecule has 0 spiro atoms. The molecule has 6 aromatic carbocycles. The van der Waals surface area contributed by atoms with E-state index in [1.165, 1.54) is 22.8 Å². The van der Waals surface area contributed by atoms with Crippen LogP contribution in [0.5, 0.6) is 17.2 Å². The number of carboxylic acid groups (broad SMARTS) is 1. The number of aromatic hydroxyl groups is 1. The summed E-state index contributed by atoms with van der Waals surface area (Å²) in [6, 6.07) is 45.7. The number of aliphatic hydroxyl groups is 1. The van der Waals surface area contributed by atoms with E-state index in [0.717, 1.165) is 16.7 Å². The first-order valence-corrected chi connectivity index (χ1v) is 24.7. The highest BCUT2D eigenvalue weighted by atomic mass is 16.5. The summed E-state index contributed by atoms with van der Waals surface area (Å²) in [7, 11) is 0. The third kappa shape index (κ3) is 22.3. The lowest BCUT2D eigenvalue weighted by atomic mass is 9.86. The quantitative estimate of drug-likeness (QED) is 0.0488. The average Bonchev–Trinajstić information content (AvgIpc) is 3.33. The van der Waals surface area contributed by atoms with Crippen molar-refractivity contribution in [3.05, 3.63) is 179 Å². The van der Waals surface area contributed by atoms with Crippen LogP contribution in [0.4, 0.5) is 17.1 Å². The fraction of sp³-hybridized carbons (Fsp3) is 0.344. The highest BCUT2D eigenvalue weighted by Crippen LogP contribution is 2.26. The number of carbonyl (C=O) groups is 4. The minimum Gasteiger partial charge on any atom is -0.508 e. The third-order valence-electron chi connectivity index (χ3n) is 11.5. The molecule has 0 atom stereocenters. The van der Waals surface area contributed by atoms with Gasteiger partial charge in [0.15, 0.2) is 6.61 Å². The Labute approximate surface area is 432 Å². The number of nitrogens with one attached hydrogen (secondary N) is 3. The molecule has 0 heterocycles. The van der Waals surface area contributed by atoms with Crippen LogP contribution < -0.4 is 25.4 Å². The molecule has 388 valence electrons. The predicted molar refractivity (Wildman–Crippen MR) is 293 cm³/mol. The number of aliphatic hydroxyl groups excluding tert-OH is 1. The Balaban J connectivity index is 0.000000238. The van der Waals surface area contributed by atoms with Gasteiger partial charge < -0.3 is 40.7 Å². The van der Waals surface area contributed by atoms with Crippen LogP contribution in [-0.4, -0.2) is 58.8 Å². The van der Waals surface area contributed by atoms with Crippen LogP contribution in [0.1, 0.15) is 115 Å². The molecule has 12 heteroatoms. The highest BCUT2D eigenvalue weighted by molar-refractivity contribution is 5.92. The van der Waals surface area contributed by atoms with Crippen LogP contribution in [0.15, 0.2) is 146 Å². The van der Waals surface area contributed by atoms with E-state index in [9.17, 15) is 24.3 Å². The van der Waals surface area contributed by atoms with E-state index in [1.807, 2.05) is 12.1 Å². The molecule has 3 amide bonds. The molecule has 12 nitrogen and oxygen atoms in total. The van der Waals surface area contributed by atoms with Crippen molar-refractivity contribution in [2.45, 2.75) is 117 Å². The minimum atomic E-state index is -1.04. The number of hydrogen-bond acceptors (Lipinski definition) is 8. The van der Waals surface area contributed by atoms with Gasteiger partial charge in [0.25, 0.3) is 0 Å². The number of hydrogen-bond donors (Lipinski definition) is 6. The molecule has 0 aliphatic rings. The van der Waals surface area contributed by atoms with Crippen molar-refractivity contribution in [3.63, 3.8) is 0 Å². The Morgan fingerprint density at radius 1 is 0.452 bits per heavy atom. The van der Waals surface area contributed by atoms with E-state index >= 15 is 0 Å². The van der Waals surface area contributed by atoms with Crippen molar-refractivity contribution in [2.24, 2.45) is 0 Å². The molecule has 6 rings (SSSR count). The van der Waals surface area contributed by atoms with E-state index in [4.69, 9.17) is 19.7 Å². The topological polar surface area (TPSA) is 184 Å². The van der Waals surface area contributed by atoms with E-state index in [2.05, 4.69) is 151 Å². The number of ether oxygens (including phenoxy) is 2. The van der Waals surface area contributed by atoms with Crippen molar-refractivity contribution in [1.82, 2.24) is 0 Å². The molecule has 0 bridgehead atoms. The molecule has 6 aromatic rings. The first-order chi connectivity index (χ1) is 34.5. The van der Waals surface area contributed by atoms with Gasteiger partial charge in [-0.25, -0.2) is 4.79 Å². The number of phenolic OH excluding ortho intramolecular Hbond substituents is 1. The van der Waals surface area contributed by atoms with Crippen LogP contribution in [0.25, 0.3) is 0 Å². The van der Waals surface area contributed by atoms with Gasteiger partial charge in [0.05, 0.1) is 6.61 Å². The summed E-state index contributed by atoms with van der Waals surface area (Å²) >= 11 is 0. The fourth-order valence-corrected chi connectivity index (χ4v) is 7.18. The second-order valence-corrected chi connectivity index (χ2v) is 20.8. The molecule has 0 saturated heterocycles. The van der Waals surface area contributed by atoms with E-state index in [-0.39, 0.29) is 52.9 Å². The molecule has 0 saturated carbocycles. The maximum atomic E-state index is 12.1. The van der Waals surface area contributed by atoms with Gasteiger partial charge in [0.2, 0.25) is 17.7 Å². The zero-order chi connectivity index (χ0) is 53.6. The van der Waals surface area contributed by atoms with Gasteiger partial charge in [-0.1, -0.05) is 153 Å². The van der Waals surface area contributed by atoms with E-state index in [0.29, 0.717) is 67.1 Å². The molecule has 0 aliphatic carbocycles. The number of phenols is 1. The van der Waals surface area contributed by atoms with Gasteiger partial charge in [0.1, 0.15) is 23.9 Å². The van der Waals surface area contributed by atoms with Gasteiger partial charge in [0, 0.05) is 54.5 Å². The largest absolute Gasteiger partial charge is 0.508 e. The second kappa shape index (κ2) is 28.0. The number of carboxylic acids is 1. The smallest absolute Gasteiger partial charge is 0.341 e. The van der Waals surface area contributed by atoms with Crippen molar-refractivity contribution in [3.8, 4) is 17.2 Å². The van der Waals surface area contributed by atoms with Gasteiger partial charge in [-0.05, 0) is 105 Å². The van der Waals surface area contributed by atoms with Crippen LogP contribution in [0, 0.1) is 0 Å². The number of benzene rings is 6. The number of aryl methyl sites for hydroxylation is 3. The van der Waals surface area contributed by atoms with Crippen molar-refractivity contribution in [1.29, 1.82) is 0 Å². The number of anilines is 3. The van der Waals surface area contributed by atoms with E-state index < -0.39 is 12.6 Å². The van der Waals surface area contributed by atoms with E-state index in [1.54, 1.807) is 54.6 Å². The van der Waals surface area contributed by atoms with Crippen LogP contribution in [0.3, 0.4) is 0 Å². The molecule has 73 heavy (non-hydrogen) atoms. The summed E-state index contributed by atoms with van der Waals surface area (Å²) in [5, 5.41) is 35.3. The fourth-order valence-electron chi connectivity index (χ4n) is 7.18. The van der Waals surface area contributed by atoms with Crippen molar-refractivity contribution < 1.29 is 44.0 Å². The van der Waals surface area contributed by atoms with Crippen molar-refractivity contribution >= 4 is 40.8 Å². The number of amides is 3. The van der Waals surface area contributed by atoms with Gasteiger partial charge in [-0.3, -0.25) is 14.4 Å². The Bertz CT molecular complexity index is 2680. The summed E-state index contributed by atoms with van der Waals surface area (Å²) in [6.45, 7) is 19.4. The normalized spacial score (nSPS) is 11.2. The number of carbonyl (C=O) groups excluding carboxylic acids is 3. The summed E-state index contributed by atoms with van der Waals surface area (Å²) in [5.41, 5.74) is 9.57. The zero-order valence-corrected chi connectivity index (χ0v) is 44.0. The molecule has 0 aliphatic heterocycles. The van der Waals surface area contributed by atoms with Crippen LogP contribution >= 0.6 is 0 Å². The second-order valence-electron chi connectivity index (χ2n) is 20.8. The number of aliphatic carboxylic acids is 1. The summed E-state index contributed by atoms with van der Waals surface area (Å²) in [6.07, 6.45) is 3.29. The third-order valence-corrected chi connectivity index (χ3v) is 11.5. The Morgan fingerprint density at radius 3 is 1.10 bits per heavy atom. The minimum absolute atomic E-state index is 0.0285. The lowest BCUT2D eigenvalue weighted by Crippen LogP contribution is -2.13. The molecular weight excluding hydrogens is 919 g/mol. The maximum Gasteiger partial charge on any atom is 0.341 e. The summed E-state index contributed by atoms with van der Waals surface area (Å²) < 4.78 is 10.5.